The fraction of sp³-hybridized carbons (Fsp3) is 0.467. The Morgan fingerprint density at radius 1 is 1.31 bits per heavy atom. The number of benzene rings is 1. The van der Waals surface area contributed by atoms with Gasteiger partial charge < -0.3 is 25.0 Å². The van der Waals surface area contributed by atoms with Crippen molar-refractivity contribution in [1.29, 1.82) is 0 Å². The van der Waals surface area contributed by atoms with Crippen LogP contribution in [0.3, 0.4) is 0 Å². The molecule has 0 heterocycles. The zero-order chi connectivity index (χ0) is 19.4. The fourth-order valence-corrected chi connectivity index (χ4v) is 2.52. The Hall–Kier alpha value is -1.17. The average molecular weight is 396 g/mol. The van der Waals surface area contributed by atoms with Crippen molar-refractivity contribution in [3.05, 3.63) is 23.8 Å². The third kappa shape index (κ3) is 8.02. The van der Waals surface area contributed by atoms with E-state index in [4.69, 9.17) is 9.84 Å². The summed E-state index contributed by atoms with van der Waals surface area (Å²) in [5.74, 6) is -0.642. The zero-order valence-corrected chi connectivity index (χ0v) is 18.1. The molecule has 26 heavy (non-hydrogen) atoms. The average Bonchev–Trinajstić information content (AvgIpc) is 2.44. The number of rotatable bonds is 5. The molecule has 0 aliphatic rings. The Balaban J connectivity index is 0.00000625. The first-order valence-corrected chi connectivity index (χ1v) is 8.74. The fourth-order valence-electron chi connectivity index (χ4n) is 1.80. The topological polar surface area (TPSA) is 145 Å². The molecule has 1 unspecified atom stereocenters. The van der Waals surface area contributed by atoms with Gasteiger partial charge in [0, 0.05) is 5.69 Å². The molecular formula is C15H21N2NaO7S. The SMILES string of the molecule is CC(NC(=O)OC(C)(C)C)C(=O)Nc1ccc(CO)c(S(=O)(=O)[O-])c1.[Na+]. The molecule has 0 aliphatic carbocycles. The number of nitrogens with one attached hydrogen (secondary N) is 2. The van der Waals surface area contributed by atoms with Crippen molar-refractivity contribution in [3.63, 3.8) is 0 Å². The van der Waals surface area contributed by atoms with Crippen LogP contribution in [0.1, 0.15) is 33.3 Å². The van der Waals surface area contributed by atoms with Gasteiger partial charge in [0.25, 0.3) is 0 Å². The van der Waals surface area contributed by atoms with Crippen LogP contribution in [0.25, 0.3) is 0 Å². The largest absolute Gasteiger partial charge is 1.00 e. The number of aliphatic hydroxyl groups excluding tert-OH is 1. The predicted molar refractivity (Wildman–Crippen MR) is 87.8 cm³/mol. The minimum atomic E-state index is -4.81. The Bertz CT molecular complexity index is 760. The summed E-state index contributed by atoms with van der Waals surface area (Å²) in [4.78, 5) is 23.1. The smallest absolute Gasteiger partial charge is 0.744 e. The molecule has 140 valence electrons. The minimum absolute atomic E-state index is 0. The van der Waals surface area contributed by atoms with E-state index in [1.807, 2.05) is 0 Å². The second-order valence-electron chi connectivity index (χ2n) is 6.29. The number of ether oxygens (including phenoxy) is 1. The Morgan fingerprint density at radius 2 is 1.88 bits per heavy atom. The van der Waals surface area contributed by atoms with Crippen molar-refractivity contribution >= 4 is 27.8 Å². The summed E-state index contributed by atoms with van der Waals surface area (Å²) in [6, 6.07) is 2.52. The summed E-state index contributed by atoms with van der Waals surface area (Å²) in [7, 11) is -4.81. The maximum atomic E-state index is 12.1. The predicted octanol–water partition coefficient (Wildman–Crippen LogP) is -2.06. The molecule has 0 radical (unpaired) electrons. The van der Waals surface area contributed by atoms with Gasteiger partial charge in [-0.1, -0.05) is 6.07 Å². The summed E-state index contributed by atoms with van der Waals surface area (Å²) in [5, 5.41) is 13.8. The molecule has 11 heteroatoms. The molecule has 0 aromatic heterocycles. The van der Waals surface area contributed by atoms with Crippen LogP contribution in [0.15, 0.2) is 23.1 Å². The van der Waals surface area contributed by atoms with E-state index in [2.05, 4.69) is 10.6 Å². The van der Waals surface area contributed by atoms with E-state index in [0.717, 1.165) is 6.07 Å². The molecular weight excluding hydrogens is 375 g/mol. The van der Waals surface area contributed by atoms with Crippen LogP contribution in [0.2, 0.25) is 0 Å². The van der Waals surface area contributed by atoms with E-state index in [1.54, 1.807) is 20.8 Å². The van der Waals surface area contributed by atoms with Crippen molar-refractivity contribution < 1.29 is 62.0 Å². The summed E-state index contributed by atoms with van der Waals surface area (Å²) in [5.41, 5.74) is -0.764. The molecule has 3 N–H and O–H groups in total. The number of anilines is 1. The molecule has 0 saturated heterocycles. The molecule has 2 amide bonds. The van der Waals surface area contributed by atoms with Gasteiger partial charge in [0.05, 0.1) is 11.5 Å². The van der Waals surface area contributed by atoms with Crippen LogP contribution in [-0.2, 0) is 26.3 Å². The number of carbonyl (C=O) groups excluding carboxylic acids is 2. The third-order valence-corrected chi connectivity index (χ3v) is 3.82. The number of hydrogen-bond donors (Lipinski definition) is 3. The van der Waals surface area contributed by atoms with Crippen molar-refractivity contribution in [2.45, 2.75) is 50.8 Å². The van der Waals surface area contributed by atoms with Crippen LogP contribution in [0.5, 0.6) is 0 Å². The van der Waals surface area contributed by atoms with Gasteiger partial charge in [0.2, 0.25) is 5.91 Å². The van der Waals surface area contributed by atoms with Crippen LogP contribution in [-0.4, -0.2) is 41.7 Å². The quantitative estimate of drug-likeness (QED) is 0.383. The molecule has 1 rings (SSSR count). The van der Waals surface area contributed by atoms with Crippen LogP contribution in [0.4, 0.5) is 10.5 Å². The first-order chi connectivity index (χ1) is 11.3. The summed E-state index contributed by atoms with van der Waals surface area (Å²) in [6.45, 7) is 5.79. The van der Waals surface area contributed by atoms with Crippen LogP contribution < -0.4 is 40.2 Å². The second kappa shape index (κ2) is 9.67. The van der Waals surface area contributed by atoms with Gasteiger partial charge in [0.15, 0.2) is 0 Å². The van der Waals surface area contributed by atoms with E-state index in [-0.39, 0.29) is 40.8 Å². The van der Waals surface area contributed by atoms with Gasteiger partial charge in [-0.2, -0.15) is 0 Å². The molecule has 9 nitrogen and oxygen atoms in total. The molecule has 0 aliphatic heterocycles. The normalized spacial score (nSPS) is 12.5. The molecule has 1 atom stereocenters. The Kier molecular flexibility index (Phi) is 9.24. The number of aliphatic hydroxyl groups is 1. The summed E-state index contributed by atoms with van der Waals surface area (Å²) in [6.07, 6.45) is -0.784. The Labute approximate surface area is 174 Å². The van der Waals surface area contributed by atoms with Crippen LogP contribution >= 0.6 is 0 Å². The van der Waals surface area contributed by atoms with Gasteiger partial charge in [-0.3, -0.25) is 4.79 Å². The van der Waals surface area contributed by atoms with Gasteiger partial charge in [-0.05, 0) is 45.4 Å². The Morgan fingerprint density at radius 3 is 2.35 bits per heavy atom. The first kappa shape index (κ1) is 24.8. The van der Waals surface area contributed by atoms with E-state index >= 15 is 0 Å². The molecule has 0 saturated carbocycles. The minimum Gasteiger partial charge on any atom is -0.744 e. The monoisotopic (exact) mass is 396 g/mol. The first-order valence-electron chi connectivity index (χ1n) is 7.33. The third-order valence-electron chi connectivity index (χ3n) is 2.90. The van der Waals surface area contributed by atoms with Gasteiger partial charge >= 0.3 is 35.7 Å². The number of alkyl carbamates (subject to hydrolysis) is 1. The van der Waals surface area contributed by atoms with Gasteiger partial charge in [-0.15, -0.1) is 0 Å². The molecule has 1 aromatic rings. The van der Waals surface area contributed by atoms with Crippen molar-refractivity contribution in [2.24, 2.45) is 0 Å². The van der Waals surface area contributed by atoms with Crippen LogP contribution in [0, 0.1) is 0 Å². The van der Waals surface area contributed by atoms with E-state index in [9.17, 15) is 22.6 Å². The summed E-state index contributed by atoms with van der Waals surface area (Å²) >= 11 is 0. The van der Waals surface area contributed by atoms with Crippen molar-refractivity contribution in [1.82, 2.24) is 5.32 Å². The van der Waals surface area contributed by atoms with E-state index in [0.29, 0.717) is 0 Å². The molecule has 0 bridgehead atoms. The molecule has 0 spiro atoms. The number of amides is 2. The van der Waals surface area contributed by atoms with Crippen molar-refractivity contribution in [3.8, 4) is 0 Å². The maximum absolute atomic E-state index is 12.1. The standard InChI is InChI=1S/C15H22N2O7S.Na/c1-9(16-14(20)24-15(2,3)4)13(19)17-11-6-5-10(8-18)12(7-11)25(21,22)23;/h5-7,9,18H,8H2,1-4H3,(H,16,20)(H,17,19)(H,21,22,23);/q;+1/p-1. The van der Waals surface area contributed by atoms with E-state index in [1.165, 1.54) is 19.1 Å². The second-order valence-corrected chi connectivity index (χ2v) is 7.64. The van der Waals surface area contributed by atoms with Gasteiger partial charge in [0.1, 0.15) is 21.8 Å². The van der Waals surface area contributed by atoms with E-state index < -0.39 is 45.3 Å². The maximum Gasteiger partial charge on any atom is 1.00 e. The number of hydrogen-bond acceptors (Lipinski definition) is 7. The summed E-state index contributed by atoms with van der Waals surface area (Å²) < 4.78 is 38.7. The zero-order valence-electron chi connectivity index (χ0n) is 15.3. The molecule has 0 fully saturated rings. The number of carbonyl (C=O) groups is 2. The molecule has 1 aromatic carbocycles. The van der Waals surface area contributed by atoms with Gasteiger partial charge in [-0.25, -0.2) is 13.2 Å². The van der Waals surface area contributed by atoms with Crippen molar-refractivity contribution in [2.75, 3.05) is 5.32 Å².